The molecule has 0 fully saturated rings. The van der Waals surface area contributed by atoms with Crippen molar-refractivity contribution in [1.29, 1.82) is 0 Å². The van der Waals surface area contributed by atoms with Gasteiger partial charge in [0.25, 0.3) is 0 Å². The van der Waals surface area contributed by atoms with Gasteiger partial charge in [-0.3, -0.25) is 0 Å². The van der Waals surface area contributed by atoms with Crippen molar-refractivity contribution >= 4 is 15.6 Å². The van der Waals surface area contributed by atoms with Gasteiger partial charge in [-0.2, -0.15) is 0 Å². The van der Waals surface area contributed by atoms with Crippen LogP contribution in [-0.4, -0.2) is 24.9 Å². The second-order valence-corrected chi connectivity index (χ2v) is 4.28. The number of hydrogen-bond acceptors (Lipinski definition) is 0. The van der Waals surface area contributed by atoms with E-state index in [9.17, 15) is 0 Å². The molecule has 73 valence electrons. The summed E-state index contributed by atoms with van der Waals surface area (Å²) in [5.41, 5.74) is 2.45. The fourth-order valence-corrected chi connectivity index (χ4v) is 2.44. The number of aromatic nitrogens is 2. The second kappa shape index (κ2) is 3.60. The maximum absolute atomic E-state index is 2.60. The average Bonchev–Trinajstić information content (AvgIpc) is 2.43. The van der Waals surface area contributed by atoms with Gasteiger partial charge in [0, 0.05) is 0 Å². The first-order valence-corrected chi connectivity index (χ1v) is 5.47. The van der Waals surface area contributed by atoms with Crippen LogP contribution in [0.5, 0.6) is 0 Å². The predicted octanol–water partition coefficient (Wildman–Crippen LogP) is 1.56. The Morgan fingerprint density at radius 2 is 1.79 bits per heavy atom. The molecule has 0 atom stereocenters. The average molecular weight is 252 g/mol. The summed E-state index contributed by atoms with van der Waals surface area (Å²) in [6, 6.07) is 12.5. The first kappa shape index (κ1) is 9.50. The van der Waals surface area contributed by atoms with E-state index in [-0.39, 0.29) is 0 Å². The summed E-state index contributed by atoms with van der Waals surface area (Å²) in [7, 11) is 2.07. The third kappa shape index (κ3) is 1.49. The molecule has 3 heteroatoms. The van der Waals surface area contributed by atoms with Crippen molar-refractivity contribution in [2.75, 3.05) is 0 Å². The number of rotatable bonds is 1. The van der Waals surface area contributed by atoms with Gasteiger partial charge in [-0.15, -0.1) is 0 Å². The van der Waals surface area contributed by atoms with Crippen LogP contribution < -0.4 is 0 Å². The summed E-state index contributed by atoms with van der Waals surface area (Å²) in [5.74, 6) is 0. The molecule has 1 aromatic heterocycles. The Morgan fingerprint density at radius 1 is 1.14 bits per heavy atom. The third-order valence-corrected chi connectivity index (χ3v) is 3.03. The molecule has 2 aromatic rings. The van der Waals surface area contributed by atoms with Crippen molar-refractivity contribution in [3.63, 3.8) is 0 Å². The fraction of sp³-hybridized carbons (Fsp3) is 0.182. The zero-order valence-corrected chi connectivity index (χ0v) is 10.2. The quantitative estimate of drug-likeness (QED) is 0.682. The molecule has 1 radical (unpaired) electrons. The van der Waals surface area contributed by atoms with Crippen molar-refractivity contribution in [2.24, 2.45) is 7.05 Å². The van der Waals surface area contributed by atoms with Gasteiger partial charge in [-0.05, 0) is 0 Å². The predicted molar refractivity (Wildman–Crippen MR) is 59.9 cm³/mol. The topological polar surface area (TPSA) is 9.86 Å². The Balaban J connectivity index is 2.69. The van der Waals surface area contributed by atoms with E-state index < -0.39 is 0 Å². The van der Waals surface area contributed by atoms with Crippen molar-refractivity contribution in [1.82, 2.24) is 9.36 Å². The summed E-state index contributed by atoms with van der Waals surface area (Å²) < 4.78 is 5.52. The Hall–Kier alpha value is -1.05. The molecule has 0 saturated carbocycles. The van der Waals surface area contributed by atoms with Gasteiger partial charge in [0.1, 0.15) is 0 Å². The maximum atomic E-state index is 2.60. The van der Waals surface area contributed by atoms with Crippen molar-refractivity contribution < 1.29 is 0 Å². The van der Waals surface area contributed by atoms with Crippen LogP contribution in [0.2, 0.25) is 0 Å². The zero-order valence-electron chi connectivity index (χ0n) is 8.31. The summed E-state index contributed by atoms with van der Waals surface area (Å²) in [4.78, 5) is 0. The van der Waals surface area contributed by atoms with Crippen molar-refractivity contribution in [3.05, 3.63) is 46.3 Å². The minimum absolute atomic E-state index is 1.19. The van der Waals surface area contributed by atoms with E-state index >= 15 is 0 Å². The molecule has 0 spiro atoms. The van der Waals surface area contributed by atoms with Crippen molar-refractivity contribution in [2.45, 2.75) is 6.92 Å². The van der Waals surface area contributed by atoms with Crippen LogP contribution in [-0.2, 0) is 7.05 Å². The molecule has 14 heavy (non-hydrogen) atoms. The number of aryl methyl sites for hydroxylation is 1. The van der Waals surface area contributed by atoms with Crippen LogP contribution in [0.4, 0.5) is 0 Å². The van der Waals surface area contributed by atoms with Gasteiger partial charge in [0.15, 0.2) is 0 Å². The van der Waals surface area contributed by atoms with E-state index in [4.69, 9.17) is 0 Å². The molecule has 0 aliphatic rings. The zero-order chi connectivity index (χ0) is 10.1. The van der Waals surface area contributed by atoms with E-state index in [2.05, 4.69) is 69.2 Å². The Morgan fingerprint density at radius 3 is 2.29 bits per heavy atom. The van der Waals surface area contributed by atoms with E-state index in [1.54, 1.807) is 0 Å². The van der Waals surface area contributed by atoms with Crippen LogP contribution in [0.3, 0.4) is 0 Å². The Kier molecular flexibility index (Phi) is 2.44. The van der Waals surface area contributed by atoms with Crippen molar-refractivity contribution in [3.8, 4) is 5.69 Å². The van der Waals surface area contributed by atoms with Gasteiger partial charge in [-0.1, -0.05) is 0 Å². The summed E-state index contributed by atoms with van der Waals surface area (Å²) in [6.45, 7) is 2.11. The molecule has 0 saturated heterocycles. The minimum atomic E-state index is 1.19. The normalized spacial score (nSPS) is 10.4. The van der Waals surface area contributed by atoms with Gasteiger partial charge in [0.2, 0.25) is 0 Å². The molecule has 1 heterocycles. The standard InChI is InChI=1S/C11H13N2Se/c1-9-8-11(14)13(12(9)2)10-6-4-3-5-7-10/h3-8,14H,1-2H3. The number of hydrogen-bond donors (Lipinski definition) is 0. The van der Waals surface area contributed by atoms with Crippen LogP contribution in [0.25, 0.3) is 5.69 Å². The Bertz CT molecular complexity index is 494. The molecule has 0 amide bonds. The van der Waals surface area contributed by atoms with Gasteiger partial charge < -0.3 is 0 Å². The molecular weight excluding hydrogens is 239 g/mol. The molecule has 2 rings (SSSR count). The van der Waals surface area contributed by atoms with Crippen LogP contribution in [0.1, 0.15) is 5.69 Å². The monoisotopic (exact) mass is 253 g/mol. The van der Waals surface area contributed by atoms with Gasteiger partial charge >= 0.3 is 90.9 Å². The van der Waals surface area contributed by atoms with Gasteiger partial charge in [-0.25, -0.2) is 0 Å². The molecule has 0 aliphatic heterocycles. The first-order valence-electron chi connectivity index (χ1n) is 4.53. The number of nitrogens with zero attached hydrogens (tertiary/aromatic N) is 2. The van der Waals surface area contributed by atoms with Crippen LogP contribution in [0.15, 0.2) is 36.4 Å². The number of benzene rings is 1. The summed E-state index contributed by atoms with van der Waals surface area (Å²) >= 11 is 2.60. The summed E-state index contributed by atoms with van der Waals surface area (Å²) in [5, 5.41) is 0. The third-order valence-electron chi connectivity index (χ3n) is 2.37. The van der Waals surface area contributed by atoms with E-state index in [0.29, 0.717) is 0 Å². The molecule has 1 aromatic carbocycles. The van der Waals surface area contributed by atoms with Gasteiger partial charge in [0.05, 0.1) is 0 Å². The SMILES string of the molecule is Cc1cc(=[SeH])n(-c2ccccc2)n1C. The van der Waals surface area contributed by atoms with E-state index in [1.807, 2.05) is 6.07 Å². The van der Waals surface area contributed by atoms with E-state index in [1.165, 1.54) is 15.6 Å². The molecular formula is C11H13N2Se. The van der Waals surface area contributed by atoms with E-state index in [0.717, 1.165) is 0 Å². The molecule has 0 N–H and O–H groups in total. The molecule has 0 aliphatic carbocycles. The first-order chi connectivity index (χ1) is 6.70. The molecule has 0 unspecified atom stereocenters. The molecule has 2 nitrogen and oxygen atoms in total. The fourth-order valence-electron chi connectivity index (χ4n) is 1.53. The van der Waals surface area contributed by atoms with Crippen LogP contribution >= 0.6 is 0 Å². The number of para-hydroxylation sites is 1. The second-order valence-electron chi connectivity index (χ2n) is 3.31. The Labute approximate surface area is 91.1 Å². The molecule has 0 bridgehead atoms. The summed E-state index contributed by atoms with van der Waals surface area (Å²) in [6.07, 6.45) is 0. The van der Waals surface area contributed by atoms with Crippen LogP contribution in [0, 0.1) is 11.1 Å².